The first kappa shape index (κ1) is 18.1. The van der Waals surface area contributed by atoms with Crippen molar-refractivity contribution < 1.29 is 9.21 Å². The van der Waals surface area contributed by atoms with E-state index in [1.165, 1.54) is 5.56 Å². The Kier molecular flexibility index (Phi) is 4.47. The van der Waals surface area contributed by atoms with E-state index in [2.05, 4.69) is 40.8 Å². The maximum Gasteiger partial charge on any atom is 0.227 e. The van der Waals surface area contributed by atoms with Crippen LogP contribution in [0.1, 0.15) is 16.7 Å². The van der Waals surface area contributed by atoms with E-state index in [0.717, 1.165) is 50.7 Å². The molecule has 4 aromatic rings. The number of anilines is 1. The predicted octanol–water partition coefficient (Wildman–Crippen LogP) is 3.95. The van der Waals surface area contributed by atoms with Gasteiger partial charge in [0.2, 0.25) is 5.91 Å². The number of carbonyl (C=O) groups is 1. The third-order valence-corrected chi connectivity index (χ3v) is 6.78. The Balaban J connectivity index is 1.26. The molecule has 0 radical (unpaired) electrons. The zero-order chi connectivity index (χ0) is 20.0. The molecule has 6 nitrogen and oxygen atoms in total. The van der Waals surface area contributed by atoms with Crippen LogP contribution in [0.5, 0.6) is 0 Å². The second-order valence-electron chi connectivity index (χ2n) is 7.51. The number of benzene rings is 1. The summed E-state index contributed by atoms with van der Waals surface area (Å²) in [6, 6.07) is 8.04. The van der Waals surface area contributed by atoms with Gasteiger partial charge in [-0.15, -0.1) is 0 Å². The average molecular weight is 407 g/mol. The molecule has 1 fully saturated rings. The number of aromatic nitrogens is 2. The Morgan fingerprint density at radius 1 is 1.17 bits per heavy atom. The summed E-state index contributed by atoms with van der Waals surface area (Å²) in [6.45, 7) is 7.12. The van der Waals surface area contributed by atoms with Crippen molar-refractivity contribution >= 4 is 43.7 Å². The molecule has 0 atom stereocenters. The highest BCUT2D eigenvalue weighted by atomic mass is 32.1. The third-order valence-electron chi connectivity index (χ3n) is 5.74. The maximum atomic E-state index is 12.9. The van der Waals surface area contributed by atoms with Gasteiger partial charge in [-0.05, 0) is 37.1 Å². The Morgan fingerprint density at radius 2 is 2.00 bits per heavy atom. The first-order valence-corrected chi connectivity index (χ1v) is 10.6. The van der Waals surface area contributed by atoms with Crippen LogP contribution in [0.15, 0.2) is 41.1 Å². The number of hydrogen-bond donors (Lipinski definition) is 0. The Hall–Kier alpha value is -2.93. The lowest BCUT2D eigenvalue weighted by molar-refractivity contribution is -0.130. The molecule has 148 valence electrons. The number of nitrogens with zero attached hydrogens (tertiary/aromatic N) is 4. The molecule has 0 spiro atoms. The number of piperazine rings is 1. The highest BCUT2D eigenvalue weighted by Crippen LogP contribution is 2.29. The van der Waals surface area contributed by atoms with Crippen LogP contribution < -0.4 is 4.90 Å². The van der Waals surface area contributed by atoms with Crippen LogP contribution >= 0.6 is 11.3 Å². The molecular weight excluding hydrogens is 384 g/mol. The van der Waals surface area contributed by atoms with E-state index >= 15 is 0 Å². The predicted molar refractivity (Wildman–Crippen MR) is 116 cm³/mol. The van der Waals surface area contributed by atoms with Gasteiger partial charge >= 0.3 is 0 Å². The van der Waals surface area contributed by atoms with Crippen LogP contribution in [0.25, 0.3) is 21.3 Å². The van der Waals surface area contributed by atoms with Crippen molar-refractivity contribution in [1.29, 1.82) is 0 Å². The van der Waals surface area contributed by atoms with E-state index in [1.807, 2.05) is 17.0 Å². The number of rotatable bonds is 3. The van der Waals surface area contributed by atoms with E-state index in [4.69, 9.17) is 4.42 Å². The zero-order valence-corrected chi connectivity index (χ0v) is 17.3. The molecule has 1 aliphatic heterocycles. The van der Waals surface area contributed by atoms with Crippen molar-refractivity contribution in [2.45, 2.75) is 20.3 Å². The number of furan rings is 1. The number of carbonyl (C=O) groups excluding carboxylic acids is 1. The molecule has 0 N–H and O–H groups in total. The topological polar surface area (TPSA) is 62.5 Å². The molecule has 1 saturated heterocycles. The first-order valence-electron chi connectivity index (χ1n) is 9.81. The Labute approximate surface area is 172 Å². The largest absolute Gasteiger partial charge is 0.464 e. The van der Waals surface area contributed by atoms with Crippen molar-refractivity contribution in [1.82, 2.24) is 14.9 Å². The molecule has 0 unspecified atom stereocenters. The molecule has 1 amide bonds. The lowest BCUT2D eigenvalue weighted by atomic mass is 10.0. The zero-order valence-electron chi connectivity index (χ0n) is 16.5. The number of amides is 1. The van der Waals surface area contributed by atoms with Crippen LogP contribution in [0, 0.1) is 13.8 Å². The standard InChI is InChI=1S/C22H22N4O2S/c1-14-5-6-17-16(13-28-20(17)15(14)2)12-19(27)25-8-10-26(11-9-25)22-24-18-4-3-7-23-21(18)29-22/h3-7,13H,8-12H2,1-2H3. The van der Waals surface area contributed by atoms with Gasteiger partial charge in [0.25, 0.3) is 0 Å². The van der Waals surface area contributed by atoms with Crippen LogP contribution in [0.3, 0.4) is 0 Å². The van der Waals surface area contributed by atoms with Gasteiger partial charge in [0.1, 0.15) is 15.9 Å². The Morgan fingerprint density at radius 3 is 2.79 bits per heavy atom. The van der Waals surface area contributed by atoms with Crippen LogP contribution in [0.2, 0.25) is 0 Å². The summed E-state index contributed by atoms with van der Waals surface area (Å²) < 4.78 is 5.76. The van der Waals surface area contributed by atoms with Crippen molar-refractivity contribution in [3.63, 3.8) is 0 Å². The average Bonchev–Trinajstić information content (AvgIpc) is 3.35. The number of aryl methyl sites for hydroxylation is 2. The first-order chi connectivity index (χ1) is 14.1. The smallest absolute Gasteiger partial charge is 0.227 e. The fourth-order valence-corrected chi connectivity index (χ4v) is 4.80. The van der Waals surface area contributed by atoms with E-state index in [0.29, 0.717) is 19.5 Å². The summed E-state index contributed by atoms with van der Waals surface area (Å²) in [5.74, 6) is 0.150. The van der Waals surface area contributed by atoms with Crippen molar-refractivity contribution in [2.24, 2.45) is 0 Å². The van der Waals surface area contributed by atoms with Gasteiger partial charge in [-0.2, -0.15) is 0 Å². The molecule has 3 aromatic heterocycles. The maximum absolute atomic E-state index is 12.9. The molecule has 7 heteroatoms. The third kappa shape index (κ3) is 3.25. The number of pyridine rings is 1. The van der Waals surface area contributed by atoms with Gasteiger partial charge in [-0.25, -0.2) is 9.97 Å². The SMILES string of the molecule is Cc1ccc2c(CC(=O)N3CCN(c4nc5cccnc5s4)CC3)coc2c1C. The summed E-state index contributed by atoms with van der Waals surface area (Å²) in [4.78, 5) is 27.1. The molecule has 0 saturated carbocycles. The number of thiazole rings is 1. The van der Waals surface area contributed by atoms with Gasteiger partial charge in [-0.1, -0.05) is 23.5 Å². The fraction of sp³-hybridized carbons (Fsp3) is 0.318. The van der Waals surface area contributed by atoms with Gasteiger partial charge < -0.3 is 14.2 Å². The summed E-state index contributed by atoms with van der Waals surface area (Å²) >= 11 is 1.61. The van der Waals surface area contributed by atoms with Crippen LogP contribution in [0.4, 0.5) is 5.13 Å². The quantitative estimate of drug-likeness (QED) is 0.516. The second-order valence-corrected chi connectivity index (χ2v) is 8.47. The molecular formula is C22H22N4O2S. The van der Waals surface area contributed by atoms with Crippen LogP contribution in [-0.4, -0.2) is 47.0 Å². The minimum absolute atomic E-state index is 0.150. The van der Waals surface area contributed by atoms with Crippen LogP contribution in [-0.2, 0) is 11.2 Å². The summed E-state index contributed by atoms with van der Waals surface area (Å²) in [7, 11) is 0. The summed E-state index contributed by atoms with van der Waals surface area (Å²) in [5, 5.41) is 2.03. The number of fused-ring (bicyclic) bond motifs is 2. The summed E-state index contributed by atoms with van der Waals surface area (Å²) in [6.07, 6.45) is 3.91. The van der Waals surface area contributed by atoms with Gasteiger partial charge in [0.15, 0.2) is 5.13 Å². The molecule has 5 rings (SSSR count). The normalized spacial score (nSPS) is 14.8. The summed E-state index contributed by atoms with van der Waals surface area (Å²) in [5.41, 5.74) is 5.13. The lowest BCUT2D eigenvalue weighted by Gasteiger charge is -2.34. The van der Waals surface area contributed by atoms with Crippen molar-refractivity contribution in [2.75, 3.05) is 31.1 Å². The van der Waals surface area contributed by atoms with Gasteiger partial charge in [0, 0.05) is 43.3 Å². The molecule has 0 bridgehead atoms. The van der Waals surface area contributed by atoms with Crippen molar-refractivity contribution in [3.8, 4) is 0 Å². The lowest BCUT2D eigenvalue weighted by Crippen LogP contribution is -2.49. The highest BCUT2D eigenvalue weighted by Gasteiger charge is 2.24. The second kappa shape index (κ2) is 7.15. The monoisotopic (exact) mass is 406 g/mol. The number of hydrogen-bond acceptors (Lipinski definition) is 6. The minimum Gasteiger partial charge on any atom is -0.464 e. The van der Waals surface area contributed by atoms with Gasteiger partial charge in [0.05, 0.1) is 12.7 Å². The molecule has 1 aliphatic rings. The van der Waals surface area contributed by atoms with E-state index in [9.17, 15) is 4.79 Å². The van der Waals surface area contributed by atoms with Crippen molar-refractivity contribution in [3.05, 3.63) is 53.4 Å². The molecule has 4 heterocycles. The van der Waals surface area contributed by atoms with E-state index in [1.54, 1.807) is 23.8 Å². The molecule has 0 aliphatic carbocycles. The Bertz CT molecular complexity index is 1170. The van der Waals surface area contributed by atoms with Gasteiger partial charge in [-0.3, -0.25) is 4.79 Å². The molecule has 1 aromatic carbocycles. The fourth-order valence-electron chi connectivity index (χ4n) is 3.84. The molecule has 29 heavy (non-hydrogen) atoms. The van der Waals surface area contributed by atoms with E-state index in [-0.39, 0.29) is 5.91 Å². The van der Waals surface area contributed by atoms with E-state index < -0.39 is 0 Å². The highest BCUT2D eigenvalue weighted by molar-refractivity contribution is 7.21. The minimum atomic E-state index is 0.150.